The number of piperidine rings is 2. The molecular weight excluding hydrogens is 338 g/mol. The molecule has 1 aromatic carbocycles. The molecular formula is C19H26ClN3O2. The SMILES string of the molecule is Nc1c(Cl)cc(N(C=O)C2CCN3CCCC2C3)c2c1CCCCO2. The van der Waals surface area contributed by atoms with E-state index in [1.807, 2.05) is 11.0 Å². The minimum absolute atomic E-state index is 0.213. The maximum Gasteiger partial charge on any atom is 0.214 e. The molecule has 0 radical (unpaired) electrons. The Morgan fingerprint density at radius 1 is 1.28 bits per heavy atom. The molecule has 2 fully saturated rings. The molecule has 1 aromatic rings. The quantitative estimate of drug-likeness (QED) is 0.662. The van der Waals surface area contributed by atoms with Gasteiger partial charge >= 0.3 is 0 Å². The molecule has 1 amide bonds. The molecule has 0 saturated carbocycles. The van der Waals surface area contributed by atoms with Crippen LogP contribution in [-0.4, -0.2) is 43.6 Å². The lowest BCUT2D eigenvalue weighted by molar-refractivity contribution is -0.108. The average Bonchev–Trinajstić information content (AvgIpc) is 2.88. The van der Waals surface area contributed by atoms with Crippen molar-refractivity contribution in [1.82, 2.24) is 4.90 Å². The molecule has 2 N–H and O–H groups in total. The fourth-order valence-corrected chi connectivity index (χ4v) is 4.92. The number of ether oxygens (including phenoxy) is 1. The van der Waals surface area contributed by atoms with Gasteiger partial charge in [0, 0.05) is 24.7 Å². The predicted octanol–water partition coefficient (Wildman–Crippen LogP) is 3.08. The molecule has 3 aliphatic rings. The van der Waals surface area contributed by atoms with Gasteiger partial charge in [-0.05, 0) is 57.1 Å². The van der Waals surface area contributed by atoms with Gasteiger partial charge in [-0.15, -0.1) is 0 Å². The maximum absolute atomic E-state index is 12.1. The van der Waals surface area contributed by atoms with E-state index in [1.54, 1.807) is 0 Å². The van der Waals surface area contributed by atoms with Crippen LogP contribution in [0, 0.1) is 5.92 Å². The average molecular weight is 364 g/mol. The third-order valence-electron chi connectivity index (χ3n) is 6.00. The maximum atomic E-state index is 12.1. The fraction of sp³-hybridized carbons (Fsp3) is 0.632. The first-order valence-electron chi connectivity index (χ1n) is 9.38. The Morgan fingerprint density at radius 3 is 3.00 bits per heavy atom. The van der Waals surface area contributed by atoms with E-state index in [4.69, 9.17) is 22.1 Å². The number of amides is 1. The van der Waals surface area contributed by atoms with Crippen LogP contribution in [0.4, 0.5) is 11.4 Å². The van der Waals surface area contributed by atoms with Gasteiger partial charge in [0.1, 0.15) is 5.75 Å². The summed E-state index contributed by atoms with van der Waals surface area (Å²) < 4.78 is 6.04. The minimum atomic E-state index is 0.213. The van der Waals surface area contributed by atoms with Crippen LogP contribution in [0.3, 0.4) is 0 Å². The molecule has 25 heavy (non-hydrogen) atoms. The van der Waals surface area contributed by atoms with Gasteiger partial charge in [-0.3, -0.25) is 4.79 Å². The lowest BCUT2D eigenvalue weighted by Gasteiger charge is -2.46. The lowest BCUT2D eigenvalue weighted by atomic mass is 9.84. The zero-order chi connectivity index (χ0) is 17.4. The van der Waals surface area contributed by atoms with Crippen molar-refractivity contribution >= 4 is 29.4 Å². The molecule has 2 bridgehead atoms. The van der Waals surface area contributed by atoms with Crippen LogP contribution in [0.1, 0.15) is 37.7 Å². The Balaban J connectivity index is 1.74. The number of nitrogen functional groups attached to an aromatic ring is 1. The molecule has 0 aromatic heterocycles. The highest BCUT2D eigenvalue weighted by atomic mass is 35.5. The summed E-state index contributed by atoms with van der Waals surface area (Å²) in [5.41, 5.74) is 8.58. The zero-order valence-electron chi connectivity index (χ0n) is 14.5. The molecule has 4 rings (SSSR count). The van der Waals surface area contributed by atoms with Gasteiger partial charge < -0.3 is 20.3 Å². The summed E-state index contributed by atoms with van der Waals surface area (Å²) in [6, 6.07) is 2.04. The number of hydrogen-bond donors (Lipinski definition) is 1. The number of carbonyl (C=O) groups excluding carboxylic acids is 1. The van der Waals surface area contributed by atoms with E-state index in [9.17, 15) is 4.79 Å². The number of carbonyl (C=O) groups is 1. The first-order chi connectivity index (χ1) is 12.2. The summed E-state index contributed by atoms with van der Waals surface area (Å²) in [5, 5.41) is 0.521. The van der Waals surface area contributed by atoms with Gasteiger partial charge in [0.05, 0.1) is 23.0 Å². The lowest BCUT2D eigenvalue weighted by Crippen LogP contribution is -2.53. The van der Waals surface area contributed by atoms with Crippen molar-refractivity contribution in [2.45, 2.75) is 44.6 Å². The van der Waals surface area contributed by atoms with Crippen LogP contribution < -0.4 is 15.4 Å². The first kappa shape index (κ1) is 17.0. The molecule has 3 heterocycles. The second kappa shape index (κ2) is 7.04. The molecule has 0 spiro atoms. The Hall–Kier alpha value is -1.46. The van der Waals surface area contributed by atoms with Crippen molar-refractivity contribution in [3.05, 3.63) is 16.7 Å². The molecule has 136 valence electrons. The van der Waals surface area contributed by atoms with Crippen molar-refractivity contribution in [1.29, 1.82) is 0 Å². The van der Waals surface area contributed by atoms with Crippen LogP contribution in [0.5, 0.6) is 5.75 Å². The monoisotopic (exact) mass is 363 g/mol. The van der Waals surface area contributed by atoms with Gasteiger partial charge in [-0.25, -0.2) is 0 Å². The molecule has 3 atom stereocenters. The van der Waals surface area contributed by atoms with E-state index in [2.05, 4.69) is 4.90 Å². The van der Waals surface area contributed by atoms with Crippen molar-refractivity contribution in [3.8, 4) is 5.75 Å². The third-order valence-corrected chi connectivity index (χ3v) is 6.31. The normalized spacial score (nSPS) is 28.4. The number of halogens is 1. The highest BCUT2D eigenvalue weighted by molar-refractivity contribution is 6.33. The Morgan fingerprint density at radius 2 is 2.16 bits per heavy atom. The van der Waals surface area contributed by atoms with Crippen LogP contribution >= 0.6 is 11.6 Å². The standard InChI is InChI=1S/C19H26ClN3O2/c20-15-10-17(19-14(18(15)21)5-1-2-9-25-19)23(12-24)16-6-8-22-7-3-4-13(16)11-22/h10,12-13,16H,1-9,11,21H2. The number of benzene rings is 1. The summed E-state index contributed by atoms with van der Waals surface area (Å²) in [6.07, 6.45) is 7.23. The first-order valence-corrected chi connectivity index (χ1v) is 9.76. The van der Waals surface area contributed by atoms with E-state index in [0.29, 0.717) is 23.2 Å². The van der Waals surface area contributed by atoms with Crippen LogP contribution in [-0.2, 0) is 11.2 Å². The molecule has 3 aliphatic heterocycles. The van der Waals surface area contributed by atoms with Crippen molar-refractivity contribution in [2.75, 3.05) is 36.9 Å². The molecule has 3 unspecified atom stereocenters. The highest BCUT2D eigenvalue weighted by Crippen LogP contribution is 2.44. The van der Waals surface area contributed by atoms with E-state index < -0.39 is 0 Å². The summed E-state index contributed by atoms with van der Waals surface area (Å²) in [4.78, 5) is 16.5. The number of nitrogens with two attached hydrogens (primary N) is 1. The second-order valence-corrected chi connectivity index (χ2v) is 7.88. The number of hydrogen-bond acceptors (Lipinski definition) is 4. The summed E-state index contributed by atoms with van der Waals surface area (Å²) >= 11 is 6.42. The third kappa shape index (κ3) is 3.08. The van der Waals surface area contributed by atoms with Gasteiger partial charge in [0.2, 0.25) is 6.41 Å². The smallest absolute Gasteiger partial charge is 0.214 e. The van der Waals surface area contributed by atoms with Crippen molar-refractivity contribution < 1.29 is 9.53 Å². The Labute approximate surface area is 154 Å². The summed E-state index contributed by atoms with van der Waals surface area (Å²) in [6.45, 7) is 3.99. The number of nitrogens with zero attached hydrogens (tertiary/aromatic N) is 2. The van der Waals surface area contributed by atoms with E-state index in [-0.39, 0.29) is 6.04 Å². The van der Waals surface area contributed by atoms with Gasteiger partial charge in [-0.1, -0.05) is 11.6 Å². The Bertz CT molecular complexity index is 667. The van der Waals surface area contributed by atoms with Crippen molar-refractivity contribution in [3.63, 3.8) is 0 Å². The molecule has 6 heteroatoms. The predicted molar refractivity (Wildman–Crippen MR) is 100 cm³/mol. The topological polar surface area (TPSA) is 58.8 Å². The van der Waals surface area contributed by atoms with Gasteiger partial charge in [-0.2, -0.15) is 0 Å². The van der Waals surface area contributed by atoms with Crippen LogP contribution in [0.25, 0.3) is 0 Å². The number of rotatable bonds is 3. The second-order valence-electron chi connectivity index (χ2n) is 7.48. The molecule has 5 nitrogen and oxygen atoms in total. The fourth-order valence-electron chi connectivity index (χ4n) is 4.70. The van der Waals surface area contributed by atoms with E-state index >= 15 is 0 Å². The number of fused-ring (bicyclic) bond motifs is 3. The number of anilines is 2. The van der Waals surface area contributed by atoms with Crippen molar-refractivity contribution in [2.24, 2.45) is 5.92 Å². The highest BCUT2D eigenvalue weighted by Gasteiger charge is 2.37. The Kier molecular flexibility index (Phi) is 4.78. The minimum Gasteiger partial charge on any atom is -0.491 e. The molecule has 2 saturated heterocycles. The van der Waals surface area contributed by atoms with E-state index in [1.165, 1.54) is 19.4 Å². The zero-order valence-corrected chi connectivity index (χ0v) is 15.3. The van der Waals surface area contributed by atoms with Crippen LogP contribution in [0.2, 0.25) is 5.02 Å². The van der Waals surface area contributed by atoms with Gasteiger partial charge in [0.15, 0.2) is 0 Å². The van der Waals surface area contributed by atoms with Gasteiger partial charge in [0.25, 0.3) is 0 Å². The summed E-state index contributed by atoms with van der Waals surface area (Å²) in [7, 11) is 0. The molecule has 0 aliphatic carbocycles. The largest absolute Gasteiger partial charge is 0.491 e. The van der Waals surface area contributed by atoms with E-state index in [0.717, 1.165) is 62.2 Å². The van der Waals surface area contributed by atoms with Crippen LogP contribution in [0.15, 0.2) is 6.07 Å². The summed E-state index contributed by atoms with van der Waals surface area (Å²) in [5.74, 6) is 1.29.